The van der Waals surface area contributed by atoms with Gasteiger partial charge in [-0.1, -0.05) is 0 Å². The maximum absolute atomic E-state index is 13.0. The van der Waals surface area contributed by atoms with Gasteiger partial charge in [0, 0.05) is 11.8 Å². The first kappa shape index (κ1) is 12.9. The van der Waals surface area contributed by atoms with Crippen molar-refractivity contribution in [1.82, 2.24) is 0 Å². The molecule has 16 heavy (non-hydrogen) atoms. The summed E-state index contributed by atoms with van der Waals surface area (Å²) in [6, 6.07) is 2.69. The highest BCUT2D eigenvalue weighted by atomic mass is 32.1. The molecule has 0 heterocycles. The number of hydrogen-bond acceptors (Lipinski definition) is 5. The van der Waals surface area contributed by atoms with Crippen molar-refractivity contribution >= 4 is 18.3 Å². The van der Waals surface area contributed by atoms with Crippen LogP contribution in [0.4, 0.5) is 10.1 Å². The van der Waals surface area contributed by atoms with Crippen molar-refractivity contribution in [2.75, 3.05) is 5.75 Å². The van der Waals surface area contributed by atoms with Crippen molar-refractivity contribution in [1.29, 1.82) is 0 Å². The average Bonchev–Trinajstić information content (AvgIpc) is 2.26. The number of benzene rings is 1. The summed E-state index contributed by atoms with van der Waals surface area (Å²) < 4.78 is 13.0. The summed E-state index contributed by atoms with van der Waals surface area (Å²) >= 11 is 3.76. The van der Waals surface area contributed by atoms with Crippen molar-refractivity contribution in [3.63, 3.8) is 0 Å². The minimum atomic E-state index is -1.40. The Labute approximate surface area is 96.1 Å². The number of rotatable bonds is 4. The minimum absolute atomic E-state index is 0.0362. The van der Waals surface area contributed by atoms with E-state index < -0.39 is 28.6 Å². The lowest BCUT2D eigenvalue weighted by Gasteiger charge is -2.15. The molecule has 0 aromatic heterocycles. The molecular weight excluding hydrogens is 237 g/mol. The van der Waals surface area contributed by atoms with E-state index in [-0.39, 0.29) is 11.3 Å². The number of nitro groups is 1. The maximum atomic E-state index is 13.0. The standard InChI is InChI=1S/C9H10FNO4S/c10-6-1-5(9(13)8(12)4-16)2-7(3-6)11(14)15/h1-3,8-9,12-13,16H,4H2. The average molecular weight is 247 g/mol. The first-order valence-corrected chi connectivity index (χ1v) is 5.01. The molecule has 0 bridgehead atoms. The van der Waals surface area contributed by atoms with Crippen LogP contribution >= 0.6 is 12.6 Å². The molecule has 1 aromatic carbocycles. The fourth-order valence-corrected chi connectivity index (χ4v) is 1.39. The monoisotopic (exact) mass is 247 g/mol. The number of aliphatic hydroxyl groups is 2. The first-order valence-electron chi connectivity index (χ1n) is 4.37. The molecule has 0 aliphatic carbocycles. The van der Waals surface area contributed by atoms with E-state index >= 15 is 0 Å². The summed E-state index contributed by atoms with van der Waals surface area (Å²) in [7, 11) is 0. The van der Waals surface area contributed by atoms with E-state index in [4.69, 9.17) is 0 Å². The van der Waals surface area contributed by atoms with Crippen LogP contribution < -0.4 is 0 Å². The van der Waals surface area contributed by atoms with Gasteiger partial charge >= 0.3 is 0 Å². The summed E-state index contributed by atoms with van der Waals surface area (Å²) in [5.41, 5.74) is -0.520. The number of nitro benzene ring substituents is 1. The Morgan fingerprint density at radius 2 is 2.06 bits per heavy atom. The molecule has 0 fully saturated rings. The SMILES string of the molecule is O=[N+]([O-])c1cc(F)cc(C(O)C(O)CS)c1. The van der Waals surface area contributed by atoms with E-state index in [0.29, 0.717) is 0 Å². The van der Waals surface area contributed by atoms with Crippen LogP contribution in [0.2, 0.25) is 0 Å². The number of nitrogens with zero attached hydrogens (tertiary/aromatic N) is 1. The van der Waals surface area contributed by atoms with Crippen LogP contribution in [0.25, 0.3) is 0 Å². The molecule has 5 nitrogen and oxygen atoms in total. The predicted octanol–water partition coefficient (Wildman–Crippen LogP) is 1.06. The van der Waals surface area contributed by atoms with E-state index in [9.17, 15) is 24.7 Å². The molecule has 0 saturated carbocycles. The largest absolute Gasteiger partial charge is 0.389 e. The Hall–Kier alpha value is -1.18. The second-order valence-corrected chi connectivity index (χ2v) is 3.56. The van der Waals surface area contributed by atoms with Gasteiger partial charge in [0.05, 0.1) is 17.1 Å². The van der Waals surface area contributed by atoms with Crippen molar-refractivity contribution in [3.8, 4) is 0 Å². The summed E-state index contributed by atoms with van der Waals surface area (Å²) in [5, 5.41) is 29.3. The smallest absolute Gasteiger partial charge is 0.272 e. The Balaban J connectivity index is 3.09. The van der Waals surface area contributed by atoms with Gasteiger partial charge < -0.3 is 10.2 Å². The van der Waals surface area contributed by atoms with Gasteiger partial charge in [0.25, 0.3) is 5.69 Å². The third-order valence-corrected chi connectivity index (χ3v) is 2.38. The van der Waals surface area contributed by atoms with Gasteiger partial charge in [-0.15, -0.1) is 0 Å². The second-order valence-electron chi connectivity index (χ2n) is 3.19. The lowest BCUT2D eigenvalue weighted by Crippen LogP contribution is -2.20. The number of thiol groups is 1. The van der Waals surface area contributed by atoms with Gasteiger partial charge in [-0.3, -0.25) is 10.1 Å². The van der Waals surface area contributed by atoms with E-state index in [0.717, 1.165) is 18.2 Å². The van der Waals surface area contributed by atoms with Crippen LogP contribution in [-0.4, -0.2) is 27.0 Å². The molecule has 2 N–H and O–H groups in total. The van der Waals surface area contributed by atoms with E-state index in [1.54, 1.807) is 0 Å². The third-order valence-electron chi connectivity index (χ3n) is 2.01. The van der Waals surface area contributed by atoms with Crippen molar-refractivity contribution < 1.29 is 19.5 Å². The fourth-order valence-electron chi connectivity index (χ4n) is 1.19. The highest BCUT2D eigenvalue weighted by Crippen LogP contribution is 2.23. The summed E-state index contributed by atoms with van der Waals surface area (Å²) in [4.78, 5) is 9.68. The number of hydrogen-bond donors (Lipinski definition) is 3. The molecule has 0 aliphatic rings. The molecule has 0 amide bonds. The van der Waals surface area contributed by atoms with Crippen molar-refractivity contribution in [3.05, 3.63) is 39.7 Å². The van der Waals surface area contributed by atoms with E-state index in [1.165, 1.54) is 0 Å². The van der Waals surface area contributed by atoms with Gasteiger partial charge in [0.1, 0.15) is 11.9 Å². The highest BCUT2D eigenvalue weighted by molar-refractivity contribution is 7.80. The summed E-state index contributed by atoms with van der Waals surface area (Å²) in [5.74, 6) is -0.875. The Morgan fingerprint density at radius 3 is 2.56 bits per heavy atom. The topological polar surface area (TPSA) is 83.6 Å². The predicted molar refractivity (Wildman–Crippen MR) is 57.9 cm³/mol. The lowest BCUT2D eigenvalue weighted by molar-refractivity contribution is -0.385. The Kier molecular flexibility index (Phi) is 4.22. The quantitative estimate of drug-likeness (QED) is 0.422. The van der Waals surface area contributed by atoms with E-state index in [1.807, 2.05) is 0 Å². The normalized spacial score (nSPS) is 14.5. The number of non-ortho nitro benzene ring substituents is 1. The van der Waals surface area contributed by atoms with Gasteiger partial charge in [0.15, 0.2) is 0 Å². The second kappa shape index (κ2) is 5.24. The zero-order valence-electron chi connectivity index (χ0n) is 8.08. The molecule has 2 atom stereocenters. The summed E-state index contributed by atoms with van der Waals surface area (Å²) in [6.45, 7) is 0. The summed E-state index contributed by atoms with van der Waals surface area (Å²) in [6.07, 6.45) is -2.60. The third kappa shape index (κ3) is 2.91. The lowest BCUT2D eigenvalue weighted by atomic mass is 10.0. The van der Waals surface area contributed by atoms with Crippen molar-refractivity contribution in [2.45, 2.75) is 12.2 Å². The number of aliphatic hydroxyl groups excluding tert-OH is 2. The number of halogens is 1. The molecule has 7 heteroatoms. The van der Waals surface area contributed by atoms with Crippen LogP contribution in [0.15, 0.2) is 18.2 Å². The molecule has 1 aromatic rings. The molecular formula is C9H10FNO4S. The Morgan fingerprint density at radius 1 is 1.44 bits per heavy atom. The van der Waals surface area contributed by atoms with Crippen LogP contribution in [0, 0.1) is 15.9 Å². The van der Waals surface area contributed by atoms with Crippen LogP contribution in [0.5, 0.6) is 0 Å². The molecule has 0 saturated heterocycles. The molecule has 0 radical (unpaired) electrons. The first-order chi connectivity index (χ1) is 7.45. The van der Waals surface area contributed by atoms with Gasteiger partial charge in [0.2, 0.25) is 0 Å². The molecule has 0 spiro atoms. The molecule has 2 unspecified atom stereocenters. The molecule has 1 rings (SSSR count). The minimum Gasteiger partial charge on any atom is -0.389 e. The molecule has 0 aliphatic heterocycles. The van der Waals surface area contributed by atoms with E-state index in [2.05, 4.69) is 12.6 Å². The van der Waals surface area contributed by atoms with Gasteiger partial charge in [-0.05, 0) is 11.6 Å². The maximum Gasteiger partial charge on any atom is 0.272 e. The Bertz CT molecular complexity index is 401. The van der Waals surface area contributed by atoms with Crippen molar-refractivity contribution in [2.24, 2.45) is 0 Å². The highest BCUT2D eigenvalue weighted by Gasteiger charge is 2.20. The van der Waals surface area contributed by atoms with Gasteiger partial charge in [-0.2, -0.15) is 12.6 Å². The van der Waals surface area contributed by atoms with Gasteiger partial charge in [-0.25, -0.2) is 4.39 Å². The zero-order chi connectivity index (χ0) is 12.3. The van der Waals surface area contributed by atoms with Crippen LogP contribution in [0.1, 0.15) is 11.7 Å². The van der Waals surface area contributed by atoms with Crippen LogP contribution in [0.3, 0.4) is 0 Å². The van der Waals surface area contributed by atoms with Crippen LogP contribution in [-0.2, 0) is 0 Å². The molecule has 88 valence electrons. The fraction of sp³-hybridized carbons (Fsp3) is 0.333. The zero-order valence-corrected chi connectivity index (χ0v) is 8.97.